The molecule has 0 heterocycles. The van der Waals surface area contributed by atoms with Crippen molar-refractivity contribution in [2.45, 2.75) is 51.4 Å². The molecule has 3 N–H and O–H groups in total. The molecule has 0 aliphatic rings. The van der Waals surface area contributed by atoms with E-state index in [1.165, 1.54) is 26.4 Å². The van der Waals surface area contributed by atoms with Crippen molar-refractivity contribution in [3.8, 4) is 0 Å². The van der Waals surface area contributed by atoms with E-state index in [1.54, 1.807) is 0 Å². The summed E-state index contributed by atoms with van der Waals surface area (Å²) in [5.41, 5.74) is 0. The summed E-state index contributed by atoms with van der Waals surface area (Å²) in [6, 6.07) is 0. The van der Waals surface area contributed by atoms with Gasteiger partial charge in [0.2, 0.25) is 0 Å². The number of rotatable bonds is 11. The largest absolute Gasteiger partial charge is 0.465 e. The molecule has 0 unspecified atom stereocenters. The Kier molecular flexibility index (Phi) is 12.0. The highest BCUT2D eigenvalue weighted by molar-refractivity contribution is 5.66. The van der Waals surface area contributed by atoms with E-state index in [2.05, 4.69) is 15.4 Å². The van der Waals surface area contributed by atoms with Crippen molar-refractivity contribution >= 4 is 12.2 Å². The summed E-state index contributed by atoms with van der Waals surface area (Å²) in [6.45, 7) is 1.22. The lowest BCUT2D eigenvalue weighted by atomic mass is 10.1. The number of nitrogens with one attached hydrogen (secondary N) is 2. The molecule has 0 saturated heterocycles. The van der Waals surface area contributed by atoms with Crippen molar-refractivity contribution in [3.63, 3.8) is 0 Å². The van der Waals surface area contributed by atoms with Gasteiger partial charge in [0.15, 0.2) is 0 Å². The zero-order valence-corrected chi connectivity index (χ0v) is 11.7. The molecule has 112 valence electrons. The predicted octanol–water partition coefficient (Wildman–Crippen LogP) is 2.73. The minimum Gasteiger partial charge on any atom is -0.465 e. The molecule has 0 spiro atoms. The maximum absolute atomic E-state index is 10.7. The fourth-order valence-electron chi connectivity index (χ4n) is 1.77. The molecule has 0 aromatic carbocycles. The van der Waals surface area contributed by atoms with Crippen LogP contribution in [0.5, 0.6) is 0 Å². The van der Waals surface area contributed by atoms with Crippen LogP contribution in [0.4, 0.5) is 9.59 Å². The summed E-state index contributed by atoms with van der Waals surface area (Å²) in [5.74, 6) is 0. The van der Waals surface area contributed by atoms with E-state index in [1.807, 2.05) is 0 Å². The molecule has 0 radical (unpaired) electrons. The van der Waals surface area contributed by atoms with Crippen molar-refractivity contribution in [3.05, 3.63) is 0 Å². The van der Waals surface area contributed by atoms with E-state index >= 15 is 0 Å². The van der Waals surface area contributed by atoms with E-state index in [-0.39, 0.29) is 6.09 Å². The van der Waals surface area contributed by atoms with E-state index in [4.69, 9.17) is 5.11 Å². The van der Waals surface area contributed by atoms with Gasteiger partial charge in [-0.05, 0) is 12.8 Å². The smallest absolute Gasteiger partial charge is 0.406 e. The third kappa shape index (κ3) is 14.5. The third-order valence-electron chi connectivity index (χ3n) is 2.83. The van der Waals surface area contributed by atoms with Crippen molar-refractivity contribution in [1.82, 2.24) is 10.6 Å². The number of hydrogen-bond acceptors (Lipinski definition) is 3. The number of carboxylic acid groups (broad SMARTS) is 1. The number of unbranched alkanes of at least 4 members (excludes halogenated alkanes) is 7. The molecule has 0 rings (SSSR count). The van der Waals surface area contributed by atoms with Crippen LogP contribution in [0.3, 0.4) is 0 Å². The Morgan fingerprint density at radius 3 is 1.68 bits per heavy atom. The van der Waals surface area contributed by atoms with Crippen molar-refractivity contribution in [2.24, 2.45) is 0 Å². The lowest BCUT2D eigenvalue weighted by Gasteiger charge is -2.04. The van der Waals surface area contributed by atoms with Gasteiger partial charge in [0, 0.05) is 13.1 Å². The van der Waals surface area contributed by atoms with Gasteiger partial charge >= 0.3 is 12.2 Å². The first-order valence-electron chi connectivity index (χ1n) is 6.95. The lowest BCUT2D eigenvalue weighted by Crippen LogP contribution is -2.23. The number of hydrogen-bond donors (Lipinski definition) is 3. The monoisotopic (exact) mass is 274 g/mol. The van der Waals surface area contributed by atoms with Gasteiger partial charge in [-0.3, -0.25) is 0 Å². The summed E-state index contributed by atoms with van der Waals surface area (Å²) in [7, 11) is 1.36. The first kappa shape index (κ1) is 17.5. The molecule has 6 nitrogen and oxygen atoms in total. The minimum atomic E-state index is -0.944. The molecule has 0 aromatic heterocycles. The first-order chi connectivity index (χ1) is 9.16. The van der Waals surface area contributed by atoms with Crippen molar-refractivity contribution in [1.29, 1.82) is 0 Å². The Morgan fingerprint density at radius 1 is 0.842 bits per heavy atom. The summed E-state index contributed by atoms with van der Waals surface area (Å²) >= 11 is 0. The fourth-order valence-corrected chi connectivity index (χ4v) is 1.77. The Hall–Kier alpha value is -1.46. The normalized spacial score (nSPS) is 9.95. The van der Waals surface area contributed by atoms with Crippen LogP contribution in [-0.4, -0.2) is 37.5 Å². The Bertz CT molecular complexity index is 247. The van der Waals surface area contributed by atoms with E-state index in [0.717, 1.165) is 32.1 Å². The van der Waals surface area contributed by atoms with E-state index in [9.17, 15) is 9.59 Å². The second-order valence-electron chi connectivity index (χ2n) is 4.48. The van der Waals surface area contributed by atoms with Crippen LogP contribution in [0.15, 0.2) is 0 Å². The van der Waals surface area contributed by atoms with Crippen LogP contribution in [-0.2, 0) is 4.74 Å². The number of amides is 2. The van der Waals surface area contributed by atoms with Crippen LogP contribution in [0.2, 0.25) is 0 Å². The molecular weight excluding hydrogens is 248 g/mol. The van der Waals surface area contributed by atoms with Crippen LogP contribution in [0, 0.1) is 0 Å². The van der Waals surface area contributed by atoms with Crippen LogP contribution >= 0.6 is 0 Å². The summed E-state index contributed by atoms with van der Waals surface area (Å²) in [4.78, 5) is 20.9. The molecule has 19 heavy (non-hydrogen) atoms. The maximum Gasteiger partial charge on any atom is 0.406 e. The maximum atomic E-state index is 10.7. The molecular formula is C13H26N2O4. The summed E-state index contributed by atoms with van der Waals surface area (Å²) in [5, 5.41) is 13.4. The van der Waals surface area contributed by atoms with Crippen LogP contribution < -0.4 is 10.6 Å². The first-order valence-corrected chi connectivity index (χ1v) is 6.95. The number of carbonyl (C=O) groups is 2. The molecule has 0 bridgehead atoms. The molecule has 0 aromatic rings. The predicted molar refractivity (Wildman–Crippen MR) is 73.4 cm³/mol. The van der Waals surface area contributed by atoms with Gasteiger partial charge in [0.1, 0.15) is 0 Å². The number of methoxy groups -OCH3 is 1. The molecule has 6 heteroatoms. The van der Waals surface area contributed by atoms with E-state index < -0.39 is 6.09 Å². The van der Waals surface area contributed by atoms with E-state index in [0.29, 0.717) is 13.1 Å². The standard InChI is InChI=1S/C13H26N2O4/c1-19-13(18)15-11-9-7-5-3-2-4-6-8-10-14-12(16)17/h14H,2-11H2,1H3,(H,15,18)(H,16,17). The van der Waals surface area contributed by atoms with Gasteiger partial charge in [0.05, 0.1) is 7.11 Å². The van der Waals surface area contributed by atoms with Gasteiger partial charge in [0.25, 0.3) is 0 Å². The highest BCUT2D eigenvalue weighted by Crippen LogP contribution is 2.07. The Balaban J connectivity index is 3.03. The Labute approximate surface area is 114 Å². The fraction of sp³-hybridized carbons (Fsp3) is 0.846. The summed E-state index contributed by atoms with van der Waals surface area (Å²) in [6.07, 6.45) is 7.50. The van der Waals surface area contributed by atoms with Gasteiger partial charge in [-0.25, -0.2) is 9.59 Å². The number of alkyl carbamates (subject to hydrolysis) is 1. The molecule has 0 saturated carbocycles. The topological polar surface area (TPSA) is 87.7 Å². The average molecular weight is 274 g/mol. The molecule has 0 fully saturated rings. The number of carbonyl (C=O) groups excluding carboxylic acids is 1. The van der Waals surface area contributed by atoms with Gasteiger partial charge in [-0.15, -0.1) is 0 Å². The second-order valence-corrected chi connectivity index (χ2v) is 4.48. The molecule has 0 aliphatic heterocycles. The quantitative estimate of drug-likeness (QED) is 0.505. The lowest BCUT2D eigenvalue weighted by molar-refractivity contribution is 0.171. The van der Waals surface area contributed by atoms with Crippen molar-refractivity contribution in [2.75, 3.05) is 20.2 Å². The minimum absolute atomic E-state index is 0.366. The van der Waals surface area contributed by atoms with Crippen LogP contribution in [0.1, 0.15) is 51.4 Å². The molecule has 0 aliphatic carbocycles. The highest BCUT2D eigenvalue weighted by Gasteiger charge is 1.97. The van der Waals surface area contributed by atoms with Gasteiger partial charge in [-0.1, -0.05) is 38.5 Å². The zero-order valence-electron chi connectivity index (χ0n) is 11.7. The third-order valence-corrected chi connectivity index (χ3v) is 2.83. The highest BCUT2D eigenvalue weighted by atomic mass is 16.5. The van der Waals surface area contributed by atoms with Gasteiger partial charge in [-0.2, -0.15) is 0 Å². The SMILES string of the molecule is COC(=O)NCCCCCCCCCCNC(=O)O. The summed E-state index contributed by atoms with van der Waals surface area (Å²) < 4.78 is 4.46. The average Bonchev–Trinajstić information content (AvgIpc) is 2.39. The molecule has 2 amide bonds. The van der Waals surface area contributed by atoms with Gasteiger partial charge < -0.3 is 20.5 Å². The van der Waals surface area contributed by atoms with Crippen molar-refractivity contribution < 1.29 is 19.4 Å². The zero-order chi connectivity index (χ0) is 14.3. The Morgan fingerprint density at radius 2 is 1.26 bits per heavy atom. The number of ether oxygens (including phenoxy) is 1. The molecule has 0 atom stereocenters. The van der Waals surface area contributed by atoms with Crippen LogP contribution in [0.25, 0.3) is 0 Å². The second kappa shape index (κ2) is 13.0.